The number of carbonyl (C=O) groups is 1. The second-order valence-corrected chi connectivity index (χ2v) is 4.96. The number of Topliss-reactive ketones (excluding diaryl/α,β-unsaturated/α-hetero) is 1. The first-order valence-electron chi connectivity index (χ1n) is 6.46. The zero-order chi connectivity index (χ0) is 14.7. The maximum absolute atomic E-state index is 13.5. The first-order valence-corrected chi connectivity index (χ1v) is 6.46. The summed E-state index contributed by atoms with van der Waals surface area (Å²) in [5, 5.41) is 9.08. The lowest BCUT2D eigenvalue weighted by Gasteiger charge is -2.36. The minimum Gasteiger partial charge on any atom is -0.394 e. The fourth-order valence-electron chi connectivity index (χ4n) is 2.19. The third-order valence-corrected chi connectivity index (χ3v) is 3.41. The van der Waals surface area contributed by atoms with E-state index in [2.05, 4.69) is 0 Å². The van der Waals surface area contributed by atoms with Crippen molar-refractivity contribution in [1.82, 2.24) is 4.90 Å². The molecule has 6 heteroatoms. The third kappa shape index (κ3) is 3.39. The smallest absolute Gasteiger partial charge is 0.179 e. The Labute approximate surface area is 116 Å². The SMILES string of the molecule is CC1COC(CO)CN1CC(=O)c1cc(F)ccc1F. The van der Waals surface area contributed by atoms with E-state index in [1.165, 1.54) is 0 Å². The summed E-state index contributed by atoms with van der Waals surface area (Å²) >= 11 is 0. The Morgan fingerprint density at radius 1 is 1.50 bits per heavy atom. The molecule has 0 saturated carbocycles. The number of rotatable bonds is 4. The van der Waals surface area contributed by atoms with Crippen LogP contribution in [-0.2, 0) is 4.74 Å². The fourth-order valence-corrected chi connectivity index (χ4v) is 2.19. The van der Waals surface area contributed by atoms with Crippen molar-refractivity contribution in [2.45, 2.75) is 19.1 Å². The summed E-state index contributed by atoms with van der Waals surface area (Å²) in [6, 6.07) is 2.82. The van der Waals surface area contributed by atoms with Crippen molar-refractivity contribution in [2.24, 2.45) is 0 Å². The molecule has 0 bridgehead atoms. The first-order chi connectivity index (χ1) is 9.51. The van der Waals surface area contributed by atoms with Gasteiger partial charge in [-0.2, -0.15) is 0 Å². The van der Waals surface area contributed by atoms with Gasteiger partial charge in [-0.25, -0.2) is 8.78 Å². The number of benzene rings is 1. The predicted molar refractivity (Wildman–Crippen MR) is 68.5 cm³/mol. The molecule has 1 saturated heterocycles. The largest absolute Gasteiger partial charge is 0.394 e. The van der Waals surface area contributed by atoms with Gasteiger partial charge < -0.3 is 9.84 Å². The topological polar surface area (TPSA) is 49.8 Å². The molecule has 0 radical (unpaired) electrons. The lowest BCUT2D eigenvalue weighted by atomic mass is 10.1. The monoisotopic (exact) mass is 285 g/mol. The molecule has 1 N–H and O–H groups in total. The summed E-state index contributed by atoms with van der Waals surface area (Å²) in [5.41, 5.74) is -0.246. The number of ether oxygens (including phenoxy) is 1. The average Bonchev–Trinajstić information content (AvgIpc) is 2.43. The summed E-state index contributed by atoms with van der Waals surface area (Å²) < 4.78 is 32.0. The maximum atomic E-state index is 13.5. The van der Waals surface area contributed by atoms with E-state index in [0.29, 0.717) is 13.2 Å². The molecule has 0 aromatic heterocycles. The number of nitrogens with zero attached hydrogens (tertiary/aromatic N) is 1. The number of hydrogen-bond acceptors (Lipinski definition) is 4. The van der Waals surface area contributed by atoms with E-state index in [4.69, 9.17) is 9.84 Å². The van der Waals surface area contributed by atoms with Crippen molar-refractivity contribution in [2.75, 3.05) is 26.3 Å². The molecule has 1 aromatic carbocycles. The number of hydrogen-bond donors (Lipinski definition) is 1. The van der Waals surface area contributed by atoms with Crippen molar-refractivity contribution in [1.29, 1.82) is 0 Å². The van der Waals surface area contributed by atoms with Crippen molar-refractivity contribution >= 4 is 5.78 Å². The Morgan fingerprint density at radius 3 is 2.95 bits per heavy atom. The molecular formula is C14H17F2NO3. The maximum Gasteiger partial charge on any atom is 0.179 e. The van der Waals surface area contributed by atoms with Gasteiger partial charge in [-0.05, 0) is 25.1 Å². The summed E-state index contributed by atoms with van der Waals surface area (Å²) in [7, 11) is 0. The van der Waals surface area contributed by atoms with E-state index in [1.807, 2.05) is 6.92 Å². The Bertz CT molecular complexity index is 495. The van der Waals surface area contributed by atoms with E-state index in [9.17, 15) is 13.6 Å². The van der Waals surface area contributed by atoms with Gasteiger partial charge in [0.15, 0.2) is 5.78 Å². The number of aliphatic hydroxyl groups excluding tert-OH is 1. The molecule has 2 atom stereocenters. The summed E-state index contributed by atoms with van der Waals surface area (Å²) in [5.74, 6) is -1.85. The van der Waals surface area contributed by atoms with Crippen LogP contribution in [-0.4, -0.2) is 54.2 Å². The molecule has 2 rings (SSSR count). The van der Waals surface area contributed by atoms with Crippen LogP contribution in [0.15, 0.2) is 18.2 Å². The predicted octanol–water partition coefficient (Wildman–Crippen LogP) is 1.23. The zero-order valence-electron chi connectivity index (χ0n) is 11.2. The van der Waals surface area contributed by atoms with Crippen molar-refractivity contribution in [3.63, 3.8) is 0 Å². The summed E-state index contributed by atoms with van der Waals surface area (Å²) in [4.78, 5) is 13.9. The van der Waals surface area contributed by atoms with Gasteiger partial charge in [-0.1, -0.05) is 0 Å². The van der Waals surface area contributed by atoms with Crippen LogP contribution < -0.4 is 0 Å². The van der Waals surface area contributed by atoms with E-state index in [-0.39, 0.29) is 30.9 Å². The fraction of sp³-hybridized carbons (Fsp3) is 0.500. The van der Waals surface area contributed by atoms with E-state index in [0.717, 1.165) is 18.2 Å². The molecule has 0 aliphatic carbocycles. The molecule has 0 spiro atoms. The molecule has 4 nitrogen and oxygen atoms in total. The average molecular weight is 285 g/mol. The third-order valence-electron chi connectivity index (χ3n) is 3.41. The number of aliphatic hydroxyl groups is 1. The van der Waals surface area contributed by atoms with Crippen molar-refractivity contribution < 1.29 is 23.4 Å². The minimum atomic E-state index is -0.726. The summed E-state index contributed by atoms with van der Waals surface area (Å²) in [6.07, 6.45) is -0.351. The van der Waals surface area contributed by atoms with Gasteiger partial charge in [0.05, 0.1) is 31.4 Å². The van der Waals surface area contributed by atoms with Gasteiger partial charge in [-0.15, -0.1) is 0 Å². The van der Waals surface area contributed by atoms with Gasteiger partial charge in [-0.3, -0.25) is 9.69 Å². The molecule has 1 heterocycles. The van der Waals surface area contributed by atoms with Gasteiger partial charge in [0.2, 0.25) is 0 Å². The van der Waals surface area contributed by atoms with Crippen LogP contribution in [0.25, 0.3) is 0 Å². The molecule has 1 aromatic rings. The van der Waals surface area contributed by atoms with Crippen LogP contribution in [0.2, 0.25) is 0 Å². The van der Waals surface area contributed by atoms with Gasteiger partial charge in [0.1, 0.15) is 11.6 Å². The molecule has 110 valence electrons. The zero-order valence-corrected chi connectivity index (χ0v) is 11.2. The van der Waals surface area contributed by atoms with Gasteiger partial charge in [0.25, 0.3) is 0 Å². The highest BCUT2D eigenvalue weighted by Gasteiger charge is 2.28. The second-order valence-electron chi connectivity index (χ2n) is 4.96. The Kier molecular flexibility index (Phi) is 4.80. The molecule has 20 heavy (non-hydrogen) atoms. The van der Waals surface area contributed by atoms with Crippen LogP contribution >= 0.6 is 0 Å². The standard InChI is InChI=1S/C14H17F2NO3/c1-9-8-20-11(7-18)5-17(9)6-14(19)12-4-10(15)2-3-13(12)16/h2-4,9,11,18H,5-8H2,1H3. The molecule has 1 fully saturated rings. The molecular weight excluding hydrogens is 268 g/mol. The lowest BCUT2D eigenvalue weighted by Crippen LogP contribution is -2.51. The van der Waals surface area contributed by atoms with Crippen molar-refractivity contribution in [3.8, 4) is 0 Å². The van der Waals surface area contributed by atoms with Gasteiger partial charge >= 0.3 is 0 Å². The van der Waals surface area contributed by atoms with Crippen LogP contribution in [0.5, 0.6) is 0 Å². The van der Waals surface area contributed by atoms with Crippen LogP contribution in [0.3, 0.4) is 0 Å². The normalized spacial score (nSPS) is 23.8. The van der Waals surface area contributed by atoms with E-state index >= 15 is 0 Å². The number of carbonyl (C=O) groups excluding carboxylic acids is 1. The Morgan fingerprint density at radius 2 is 2.25 bits per heavy atom. The van der Waals surface area contributed by atoms with Crippen LogP contribution in [0.1, 0.15) is 17.3 Å². The number of halogens is 2. The number of morpholine rings is 1. The summed E-state index contributed by atoms with van der Waals surface area (Å²) in [6.45, 7) is 2.50. The second kappa shape index (κ2) is 6.39. The Hall–Kier alpha value is -1.37. The highest BCUT2D eigenvalue weighted by atomic mass is 19.1. The Balaban J connectivity index is 2.08. The van der Waals surface area contributed by atoms with E-state index in [1.54, 1.807) is 4.90 Å². The lowest BCUT2D eigenvalue weighted by molar-refractivity contribution is -0.0748. The minimum absolute atomic E-state index is 0.0154. The first kappa shape index (κ1) is 15.0. The quantitative estimate of drug-likeness (QED) is 0.845. The van der Waals surface area contributed by atoms with E-state index < -0.39 is 17.4 Å². The van der Waals surface area contributed by atoms with Crippen molar-refractivity contribution in [3.05, 3.63) is 35.4 Å². The highest BCUT2D eigenvalue weighted by Crippen LogP contribution is 2.15. The van der Waals surface area contributed by atoms with Crippen LogP contribution in [0.4, 0.5) is 8.78 Å². The number of ketones is 1. The molecule has 0 amide bonds. The molecule has 1 aliphatic rings. The highest BCUT2D eigenvalue weighted by molar-refractivity contribution is 5.97. The molecule has 2 unspecified atom stereocenters. The van der Waals surface area contributed by atoms with Crippen LogP contribution in [0, 0.1) is 11.6 Å². The van der Waals surface area contributed by atoms with Gasteiger partial charge in [0, 0.05) is 12.6 Å². The molecule has 1 aliphatic heterocycles.